The molecular weight excluding hydrogens is 320 g/mol. The van der Waals surface area contributed by atoms with Crippen LogP contribution in [0, 0.1) is 11.3 Å². The van der Waals surface area contributed by atoms with Crippen molar-refractivity contribution in [3.05, 3.63) is 58.9 Å². The first kappa shape index (κ1) is 14.2. The van der Waals surface area contributed by atoms with Crippen LogP contribution >= 0.6 is 15.9 Å². The van der Waals surface area contributed by atoms with Gasteiger partial charge in [0, 0.05) is 11.8 Å². The first-order chi connectivity index (χ1) is 9.58. The number of allylic oxidation sites excluding steroid dienone is 2. The van der Waals surface area contributed by atoms with Gasteiger partial charge in [0.25, 0.3) is 0 Å². The van der Waals surface area contributed by atoms with E-state index >= 15 is 0 Å². The van der Waals surface area contributed by atoms with Gasteiger partial charge in [-0.1, -0.05) is 12.7 Å². The first-order valence-electron chi connectivity index (χ1n) is 5.74. The van der Waals surface area contributed by atoms with Gasteiger partial charge in [-0.25, -0.2) is 4.52 Å². The summed E-state index contributed by atoms with van der Waals surface area (Å²) < 4.78 is 2.42. The van der Waals surface area contributed by atoms with Gasteiger partial charge < -0.3 is 5.73 Å². The van der Waals surface area contributed by atoms with Crippen molar-refractivity contribution in [2.24, 2.45) is 5.73 Å². The molecule has 2 heterocycles. The molecule has 0 saturated carbocycles. The second kappa shape index (κ2) is 5.82. The van der Waals surface area contributed by atoms with Crippen LogP contribution in [-0.2, 0) is 0 Å². The van der Waals surface area contributed by atoms with Crippen molar-refractivity contribution >= 4 is 27.2 Å². The maximum Gasteiger partial charge on any atom is 0.184 e. The van der Waals surface area contributed by atoms with Gasteiger partial charge in [-0.2, -0.15) is 10.4 Å². The molecule has 0 spiro atoms. The third kappa shape index (κ3) is 2.54. The van der Waals surface area contributed by atoms with Crippen molar-refractivity contribution < 1.29 is 4.79 Å². The van der Waals surface area contributed by atoms with Gasteiger partial charge in [-0.05, 0) is 34.1 Å². The van der Waals surface area contributed by atoms with E-state index in [4.69, 9.17) is 11.0 Å². The Bertz CT molecular complexity index is 754. The third-order valence-corrected chi connectivity index (χ3v) is 3.41. The predicted molar refractivity (Wildman–Crippen MR) is 79.1 cm³/mol. The molecule has 0 saturated heterocycles. The number of carbonyl (C=O) groups is 1. The van der Waals surface area contributed by atoms with Gasteiger partial charge in [0.05, 0.1) is 27.8 Å². The lowest BCUT2D eigenvalue weighted by Crippen LogP contribution is -2.32. The Kier molecular flexibility index (Phi) is 4.13. The van der Waals surface area contributed by atoms with Crippen molar-refractivity contribution in [3.8, 4) is 6.07 Å². The summed E-state index contributed by atoms with van der Waals surface area (Å²) in [6, 6.07) is 4.22. The zero-order valence-corrected chi connectivity index (χ0v) is 12.0. The highest BCUT2D eigenvalue weighted by Gasteiger charge is 2.20. The molecule has 0 aliphatic carbocycles. The highest BCUT2D eigenvalue weighted by atomic mass is 79.9. The summed E-state index contributed by atoms with van der Waals surface area (Å²) in [5, 5.41) is 13.1. The van der Waals surface area contributed by atoms with E-state index in [1.54, 1.807) is 29.0 Å². The van der Waals surface area contributed by atoms with Crippen molar-refractivity contribution in [2.75, 3.05) is 0 Å². The summed E-state index contributed by atoms with van der Waals surface area (Å²) in [6.45, 7) is 3.50. The molecule has 2 aromatic heterocycles. The largest absolute Gasteiger partial charge is 0.317 e. The zero-order chi connectivity index (χ0) is 14.7. The van der Waals surface area contributed by atoms with Gasteiger partial charge in [-0.3, -0.25) is 4.79 Å². The van der Waals surface area contributed by atoms with Gasteiger partial charge in [0.2, 0.25) is 0 Å². The van der Waals surface area contributed by atoms with Gasteiger partial charge >= 0.3 is 0 Å². The molecule has 20 heavy (non-hydrogen) atoms. The summed E-state index contributed by atoms with van der Waals surface area (Å²) >= 11 is 3.35. The second-order valence-corrected chi connectivity index (χ2v) is 4.90. The Labute approximate surface area is 124 Å². The van der Waals surface area contributed by atoms with E-state index in [0.717, 1.165) is 9.99 Å². The van der Waals surface area contributed by atoms with Crippen molar-refractivity contribution in [1.29, 1.82) is 5.26 Å². The molecule has 1 atom stereocenters. The highest BCUT2D eigenvalue weighted by molar-refractivity contribution is 9.10. The number of carbonyl (C=O) groups excluding carboxylic acids is 1. The molecule has 0 bridgehead atoms. The minimum Gasteiger partial charge on any atom is -0.317 e. The fraction of sp³-hybridized carbons (Fsp3) is 0.0714. The Balaban J connectivity index is 2.40. The average molecular weight is 331 g/mol. The fourth-order valence-electron chi connectivity index (χ4n) is 1.76. The number of pyridine rings is 1. The molecule has 0 aliphatic heterocycles. The summed E-state index contributed by atoms with van der Waals surface area (Å²) in [5.41, 5.74) is 7.19. The van der Waals surface area contributed by atoms with Crippen LogP contribution in [0.2, 0.25) is 0 Å². The lowest BCUT2D eigenvalue weighted by molar-refractivity contribution is 0.0975. The van der Waals surface area contributed by atoms with E-state index in [0.29, 0.717) is 5.56 Å². The summed E-state index contributed by atoms with van der Waals surface area (Å²) in [6.07, 6.45) is 6.18. The highest BCUT2D eigenvalue weighted by Crippen LogP contribution is 2.19. The molecule has 2 N–H and O–H groups in total. The average Bonchev–Trinajstić information content (AvgIpc) is 2.84. The molecule has 100 valence electrons. The van der Waals surface area contributed by atoms with Gasteiger partial charge in [0.1, 0.15) is 6.04 Å². The normalized spacial score (nSPS) is 12.9. The Morgan fingerprint density at radius 3 is 3.05 bits per heavy atom. The molecule has 0 amide bonds. The van der Waals surface area contributed by atoms with Gasteiger partial charge in [-0.15, -0.1) is 0 Å². The Morgan fingerprint density at radius 2 is 2.40 bits per heavy atom. The number of hydrogen-bond acceptors (Lipinski definition) is 4. The molecule has 0 fully saturated rings. The van der Waals surface area contributed by atoms with E-state index in [1.165, 1.54) is 12.2 Å². The van der Waals surface area contributed by atoms with Crippen LogP contribution in [0.1, 0.15) is 10.4 Å². The maximum absolute atomic E-state index is 12.3. The topological polar surface area (TPSA) is 84.2 Å². The monoisotopic (exact) mass is 330 g/mol. The van der Waals surface area contributed by atoms with Crippen LogP contribution in [0.5, 0.6) is 0 Å². The van der Waals surface area contributed by atoms with Crippen molar-refractivity contribution in [3.63, 3.8) is 0 Å². The molecule has 2 aromatic rings. The van der Waals surface area contributed by atoms with Crippen LogP contribution < -0.4 is 5.73 Å². The summed E-state index contributed by atoms with van der Waals surface area (Å²) in [5.74, 6) is -0.324. The van der Waals surface area contributed by atoms with Crippen molar-refractivity contribution in [1.82, 2.24) is 9.61 Å². The Hall–Kier alpha value is -2.23. The molecule has 1 unspecified atom stereocenters. The molecule has 0 aromatic carbocycles. The Morgan fingerprint density at radius 1 is 1.65 bits per heavy atom. The molecular formula is C14H11BrN4O. The SMILES string of the molecule is C=C/C=C(/C#N)C(N)C(=O)c1ccn2ncc(Br)c2c1. The maximum atomic E-state index is 12.3. The number of halogens is 1. The molecule has 0 radical (unpaired) electrons. The number of fused-ring (bicyclic) bond motifs is 1. The third-order valence-electron chi connectivity index (χ3n) is 2.80. The lowest BCUT2D eigenvalue weighted by Gasteiger charge is -2.09. The minimum absolute atomic E-state index is 0.178. The van der Waals surface area contributed by atoms with Crippen LogP contribution in [0.15, 0.2) is 53.3 Å². The van der Waals surface area contributed by atoms with Crippen LogP contribution in [0.4, 0.5) is 0 Å². The smallest absolute Gasteiger partial charge is 0.184 e. The fourth-order valence-corrected chi connectivity index (χ4v) is 2.15. The number of nitrogens with zero attached hydrogens (tertiary/aromatic N) is 3. The number of aromatic nitrogens is 2. The summed E-state index contributed by atoms with van der Waals surface area (Å²) in [4.78, 5) is 12.3. The quantitative estimate of drug-likeness (QED) is 0.529. The molecule has 6 heteroatoms. The van der Waals surface area contributed by atoms with E-state index in [9.17, 15) is 4.79 Å². The number of Topliss-reactive ketones (excluding diaryl/α,β-unsaturated/α-hetero) is 1. The van der Waals surface area contributed by atoms with E-state index in [1.807, 2.05) is 6.07 Å². The van der Waals surface area contributed by atoms with E-state index in [2.05, 4.69) is 27.6 Å². The number of rotatable bonds is 4. The molecule has 2 rings (SSSR count). The van der Waals surface area contributed by atoms with Crippen molar-refractivity contribution in [2.45, 2.75) is 6.04 Å². The lowest BCUT2D eigenvalue weighted by atomic mass is 9.99. The first-order valence-corrected chi connectivity index (χ1v) is 6.53. The van der Waals surface area contributed by atoms with E-state index in [-0.39, 0.29) is 11.4 Å². The molecule has 0 aliphatic rings. The molecule has 5 nitrogen and oxygen atoms in total. The van der Waals surface area contributed by atoms with E-state index < -0.39 is 6.04 Å². The minimum atomic E-state index is -0.998. The zero-order valence-electron chi connectivity index (χ0n) is 10.5. The van der Waals surface area contributed by atoms with Crippen LogP contribution in [-0.4, -0.2) is 21.4 Å². The predicted octanol–water partition coefficient (Wildman–Crippen LogP) is 2.24. The standard InChI is InChI=1S/C14H11BrN4O/c1-2-3-10(7-16)13(17)14(20)9-4-5-19-12(6-9)11(15)8-18-19/h2-6,8,13H,1,17H2/b10-3-. The van der Waals surface area contributed by atoms with Gasteiger partial charge in [0.15, 0.2) is 5.78 Å². The number of ketones is 1. The van der Waals surface area contributed by atoms with Crippen LogP contribution in [0.3, 0.4) is 0 Å². The number of hydrogen-bond donors (Lipinski definition) is 1. The van der Waals surface area contributed by atoms with Crippen LogP contribution in [0.25, 0.3) is 5.52 Å². The second-order valence-electron chi connectivity index (χ2n) is 4.05. The number of nitriles is 1. The summed E-state index contributed by atoms with van der Waals surface area (Å²) in [7, 11) is 0. The number of nitrogens with two attached hydrogens (primary N) is 1.